The lowest BCUT2D eigenvalue weighted by Gasteiger charge is -2.42. The second kappa shape index (κ2) is 6.37. The van der Waals surface area contributed by atoms with Crippen LogP contribution in [0.25, 0.3) is 6.08 Å². The van der Waals surface area contributed by atoms with Crippen molar-refractivity contribution in [3.63, 3.8) is 0 Å². The molecule has 2 heterocycles. The van der Waals surface area contributed by atoms with E-state index in [9.17, 15) is 9.18 Å². The first-order valence-corrected chi connectivity index (χ1v) is 7.27. The van der Waals surface area contributed by atoms with Gasteiger partial charge in [-0.15, -0.1) is 0 Å². The maximum atomic E-state index is 12.8. The number of benzene rings is 1. The molecule has 112 valence electrons. The standard InChI is InChI=1S/C16H19FN2O2/c17-14-4-1-13(2-5-14)3-6-16(20)19-9-7-18(8-10-19)15-11-21-12-15/h1-6,15H,7-12H2/b6-3+. The van der Waals surface area contributed by atoms with Gasteiger partial charge in [-0.2, -0.15) is 0 Å². The molecular weight excluding hydrogens is 271 g/mol. The van der Waals surface area contributed by atoms with Crippen LogP contribution in [0, 0.1) is 5.82 Å². The molecule has 1 aromatic rings. The fourth-order valence-corrected chi connectivity index (χ4v) is 2.59. The van der Waals surface area contributed by atoms with E-state index in [1.54, 1.807) is 24.3 Å². The van der Waals surface area contributed by atoms with E-state index in [2.05, 4.69) is 4.90 Å². The second-order valence-electron chi connectivity index (χ2n) is 5.44. The maximum Gasteiger partial charge on any atom is 0.246 e. The molecule has 0 spiro atoms. The van der Waals surface area contributed by atoms with Gasteiger partial charge < -0.3 is 9.64 Å². The minimum Gasteiger partial charge on any atom is -0.378 e. The maximum absolute atomic E-state index is 12.8. The zero-order valence-corrected chi connectivity index (χ0v) is 11.9. The van der Waals surface area contributed by atoms with E-state index in [1.807, 2.05) is 4.90 Å². The van der Waals surface area contributed by atoms with Crippen LogP contribution in [0.15, 0.2) is 30.3 Å². The first-order chi connectivity index (χ1) is 10.2. The Kier molecular flexibility index (Phi) is 4.31. The van der Waals surface area contributed by atoms with Gasteiger partial charge in [-0.05, 0) is 23.8 Å². The minimum absolute atomic E-state index is 0.0174. The number of carbonyl (C=O) groups is 1. The van der Waals surface area contributed by atoms with Crippen LogP contribution in [0.2, 0.25) is 0 Å². The number of piperazine rings is 1. The molecule has 2 aliphatic rings. The molecule has 0 aliphatic carbocycles. The number of carbonyl (C=O) groups excluding carboxylic acids is 1. The van der Waals surface area contributed by atoms with E-state index in [-0.39, 0.29) is 11.7 Å². The van der Waals surface area contributed by atoms with E-state index >= 15 is 0 Å². The smallest absolute Gasteiger partial charge is 0.246 e. The van der Waals surface area contributed by atoms with Gasteiger partial charge in [0, 0.05) is 32.3 Å². The summed E-state index contributed by atoms with van der Waals surface area (Å²) in [5.41, 5.74) is 0.829. The van der Waals surface area contributed by atoms with Gasteiger partial charge in [-0.3, -0.25) is 9.69 Å². The fourth-order valence-electron chi connectivity index (χ4n) is 2.59. The second-order valence-corrected chi connectivity index (χ2v) is 5.44. The zero-order chi connectivity index (χ0) is 14.7. The fraction of sp³-hybridized carbons (Fsp3) is 0.438. The van der Waals surface area contributed by atoms with E-state index in [0.29, 0.717) is 6.04 Å². The van der Waals surface area contributed by atoms with Crippen LogP contribution in [0.5, 0.6) is 0 Å². The summed E-state index contributed by atoms with van der Waals surface area (Å²) >= 11 is 0. The highest BCUT2D eigenvalue weighted by molar-refractivity contribution is 5.91. The molecule has 3 rings (SSSR count). The highest BCUT2D eigenvalue weighted by atomic mass is 19.1. The average Bonchev–Trinajstić information content (AvgIpc) is 2.45. The van der Waals surface area contributed by atoms with Crippen LogP contribution >= 0.6 is 0 Å². The normalized spacial score (nSPS) is 20.7. The lowest BCUT2D eigenvalue weighted by molar-refractivity contribution is -0.130. The molecule has 0 saturated carbocycles. The van der Waals surface area contributed by atoms with E-state index < -0.39 is 0 Å². The first-order valence-electron chi connectivity index (χ1n) is 7.27. The summed E-state index contributed by atoms with van der Waals surface area (Å²) in [6.07, 6.45) is 3.29. The zero-order valence-electron chi connectivity index (χ0n) is 11.9. The minimum atomic E-state index is -0.269. The molecule has 1 amide bonds. The predicted molar refractivity (Wildman–Crippen MR) is 78.2 cm³/mol. The summed E-state index contributed by atoms with van der Waals surface area (Å²) in [7, 11) is 0. The van der Waals surface area contributed by atoms with Gasteiger partial charge in [-0.1, -0.05) is 12.1 Å². The van der Waals surface area contributed by atoms with Crippen LogP contribution in [0.4, 0.5) is 4.39 Å². The Balaban J connectivity index is 1.50. The number of rotatable bonds is 3. The molecule has 0 atom stereocenters. The van der Waals surface area contributed by atoms with Crippen molar-refractivity contribution in [2.75, 3.05) is 39.4 Å². The lowest BCUT2D eigenvalue weighted by atomic mass is 10.1. The SMILES string of the molecule is O=C(/C=C/c1ccc(F)cc1)N1CCN(C2COC2)CC1. The van der Waals surface area contributed by atoms with Gasteiger partial charge in [0.05, 0.1) is 19.3 Å². The van der Waals surface area contributed by atoms with Crippen LogP contribution in [0.3, 0.4) is 0 Å². The number of ether oxygens (including phenoxy) is 1. The Hall–Kier alpha value is -1.72. The van der Waals surface area contributed by atoms with Crippen molar-refractivity contribution < 1.29 is 13.9 Å². The van der Waals surface area contributed by atoms with Gasteiger partial charge in [0.25, 0.3) is 0 Å². The molecule has 4 nitrogen and oxygen atoms in total. The first kappa shape index (κ1) is 14.2. The quantitative estimate of drug-likeness (QED) is 0.789. The third-order valence-electron chi connectivity index (χ3n) is 4.05. The van der Waals surface area contributed by atoms with E-state index in [4.69, 9.17) is 4.74 Å². The summed E-state index contributed by atoms with van der Waals surface area (Å²) in [5, 5.41) is 0. The Morgan fingerprint density at radius 3 is 2.38 bits per heavy atom. The van der Waals surface area contributed by atoms with Gasteiger partial charge in [0.1, 0.15) is 5.82 Å². The summed E-state index contributed by atoms with van der Waals surface area (Å²) in [4.78, 5) is 16.4. The highest BCUT2D eigenvalue weighted by Gasteiger charge is 2.29. The van der Waals surface area contributed by atoms with Gasteiger partial charge in [0.15, 0.2) is 0 Å². The highest BCUT2D eigenvalue weighted by Crippen LogP contribution is 2.13. The predicted octanol–water partition coefficient (Wildman–Crippen LogP) is 1.38. The summed E-state index contributed by atoms with van der Waals surface area (Å²) in [5.74, 6) is -0.251. The monoisotopic (exact) mass is 290 g/mol. The van der Waals surface area contributed by atoms with Gasteiger partial charge in [0.2, 0.25) is 5.91 Å². The van der Waals surface area contributed by atoms with Crippen molar-refractivity contribution in [1.82, 2.24) is 9.80 Å². The Morgan fingerprint density at radius 1 is 1.14 bits per heavy atom. The average molecular weight is 290 g/mol. The van der Waals surface area contributed by atoms with Crippen molar-refractivity contribution in [3.8, 4) is 0 Å². The molecule has 5 heteroatoms. The molecule has 2 aliphatic heterocycles. The van der Waals surface area contributed by atoms with Crippen molar-refractivity contribution in [3.05, 3.63) is 41.7 Å². The topological polar surface area (TPSA) is 32.8 Å². The third-order valence-corrected chi connectivity index (χ3v) is 4.05. The number of amides is 1. The molecule has 0 radical (unpaired) electrons. The van der Waals surface area contributed by atoms with Gasteiger partial charge >= 0.3 is 0 Å². The number of hydrogen-bond donors (Lipinski definition) is 0. The Morgan fingerprint density at radius 2 is 1.81 bits per heavy atom. The molecular formula is C16H19FN2O2. The van der Waals surface area contributed by atoms with Crippen LogP contribution in [0.1, 0.15) is 5.56 Å². The number of halogens is 1. The van der Waals surface area contributed by atoms with Crippen molar-refractivity contribution in [2.45, 2.75) is 6.04 Å². The molecule has 21 heavy (non-hydrogen) atoms. The Labute approximate surface area is 123 Å². The van der Waals surface area contributed by atoms with Gasteiger partial charge in [-0.25, -0.2) is 4.39 Å². The molecule has 2 saturated heterocycles. The van der Waals surface area contributed by atoms with Crippen molar-refractivity contribution in [1.29, 1.82) is 0 Å². The molecule has 0 N–H and O–H groups in total. The number of nitrogens with zero attached hydrogens (tertiary/aromatic N) is 2. The van der Waals surface area contributed by atoms with Crippen LogP contribution in [-0.2, 0) is 9.53 Å². The lowest BCUT2D eigenvalue weighted by Crippen LogP contribution is -2.57. The summed E-state index contributed by atoms with van der Waals surface area (Å²) in [6.45, 7) is 4.96. The molecule has 0 unspecified atom stereocenters. The number of hydrogen-bond acceptors (Lipinski definition) is 3. The third kappa shape index (κ3) is 3.49. The molecule has 2 fully saturated rings. The molecule has 0 aromatic heterocycles. The van der Waals surface area contributed by atoms with Crippen LogP contribution in [-0.4, -0.2) is 61.1 Å². The van der Waals surface area contributed by atoms with Crippen molar-refractivity contribution in [2.24, 2.45) is 0 Å². The van der Waals surface area contributed by atoms with Crippen molar-refractivity contribution >= 4 is 12.0 Å². The summed E-state index contributed by atoms with van der Waals surface area (Å²) in [6, 6.07) is 6.64. The molecule has 0 bridgehead atoms. The van der Waals surface area contributed by atoms with E-state index in [1.165, 1.54) is 12.1 Å². The Bertz CT molecular complexity index is 518. The van der Waals surface area contributed by atoms with Crippen LogP contribution < -0.4 is 0 Å². The summed E-state index contributed by atoms with van der Waals surface area (Å²) < 4.78 is 18.0. The molecule has 1 aromatic carbocycles. The largest absolute Gasteiger partial charge is 0.378 e. The van der Waals surface area contributed by atoms with E-state index in [0.717, 1.165) is 45.0 Å².